The highest BCUT2D eigenvalue weighted by molar-refractivity contribution is 6.61. The minimum absolute atomic E-state index is 0.0306. The fourth-order valence-electron chi connectivity index (χ4n) is 9.90. The number of fused-ring (bicyclic) bond motifs is 1. The number of aliphatic hydroxyl groups excluding tert-OH is 1. The molecule has 1 saturated heterocycles. The number of piperidine rings is 1. The minimum Gasteiger partial charge on any atom is -0.479 e. The maximum Gasteiger partial charge on any atom is 0.494 e. The second-order valence-corrected chi connectivity index (χ2v) is 15.1. The number of hydrogen-bond acceptors (Lipinski definition) is 8. The third kappa shape index (κ3) is 5.21. The number of ether oxygens (including phenoxy) is 2. The number of benzene rings is 1. The summed E-state index contributed by atoms with van der Waals surface area (Å²) in [5.41, 5.74) is -0.902. The summed E-state index contributed by atoms with van der Waals surface area (Å²) in [4.78, 5) is 29.8. The monoisotopic (exact) mass is 613 g/mol. The lowest BCUT2D eigenvalue weighted by Crippen LogP contribution is -2.63. The van der Waals surface area contributed by atoms with Gasteiger partial charge in [-0.2, -0.15) is 0 Å². The van der Waals surface area contributed by atoms with Gasteiger partial charge in [0.1, 0.15) is 11.9 Å². The van der Waals surface area contributed by atoms with Crippen LogP contribution in [0.2, 0.25) is 0 Å². The van der Waals surface area contributed by atoms with Crippen LogP contribution in [0.25, 0.3) is 0 Å². The highest BCUT2D eigenvalue weighted by Gasteiger charge is 2.68. The SMILES string of the molecule is C[C@H]1[C@H](O)[C@](C)(CCN2CCCCC2)C[C@@H](OC(=O)COc2ccc3c(c2F)B(O)OC3)[C@@]2(C)[C@@H]3C(=O)CC[C@]31CC[C@@H]2C. The minimum atomic E-state index is -1.37. The average Bonchev–Trinajstić information content (AvgIpc) is 3.57. The molecule has 0 unspecified atom stereocenters. The van der Waals surface area contributed by atoms with Crippen molar-refractivity contribution in [3.63, 3.8) is 0 Å². The van der Waals surface area contributed by atoms with Gasteiger partial charge in [0.2, 0.25) is 0 Å². The summed E-state index contributed by atoms with van der Waals surface area (Å²) in [6.07, 6.45) is 6.62. The average molecular weight is 614 g/mol. The fraction of sp³-hybridized carbons (Fsp3) is 0.765. The molecular formula is C34H49BFNO7. The molecule has 2 bridgehead atoms. The maximum atomic E-state index is 15.1. The summed E-state index contributed by atoms with van der Waals surface area (Å²) in [7, 11) is -1.37. The molecule has 2 heterocycles. The normalized spacial score (nSPS) is 38.9. The quantitative estimate of drug-likeness (QED) is 0.351. The number of carbonyl (C=O) groups is 2. The maximum absolute atomic E-state index is 15.1. The number of aliphatic hydroxyl groups is 1. The Hall–Kier alpha value is -2.01. The first kappa shape index (κ1) is 32.0. The second kappa shape index (κ2) is 12.0. The second-order valence-electron chi connectivity index (χ2n) is 15.1. The summed E-state index contributed by atoms with van der Waals surface area (Å²) in [5.74, 6) is -1.55. The van der Waals surface area contributed by atoms with Crippen molar-refractivity contribution in [1.29, 1.82) is 0 Å². The van der Waals surface area contributed by atoms with Gasteiger partial charge in [-0.05, 0) is 98.9 Å². The summed E-state index contributed by atoms with van der Waals surface area (Å²) < 4.78 is 32.2. The molecule has 2 N–H and O–H groups in total. The molecule has 0 radical (unpaired) electrons. The van der Waals surface area contributed by atoms with E-state index in [1.165, 1.54) is 25.3 Å². The van der Waals surface area contributed by atoms with Crippen LogP contribution in [0, 0.1) is 39.8 Å². The van der Waals surface area contributed by atoms with E-state index in [-0.39, 0.29) is 46.8 Å². The van der Waals surface area contributed by atoms with E-state index < -0.39 is 48.5 Å². The van der Waals surface area contributed by atoms with E-state index in [1.807, 2.05) is 0 Å². The standard InChI is InChI=1S/C34H49BFNO7/c1-21-10-12-34-13-11-24(38)30(34)33(21,4)26(18-32(3,31(40)22(34)2)14-17-37-15-6-5-7-16-37)44-27(39)20-42-25-9-8-23-19-43-35(41)28(23)29(25)36/h8-9,21-22,26,30-31,40-41H,5-7,10-20H2,1-4H3/t21-,22-,26+,30-,31-,32+,33-,34-/m0/s1. The summed E-state index contributed by atoms with van der Waals surface area (Å²) in [5, 5.41) is 22.2. The largest absolute Gasteiger partial charge is 0.494 e. The van der Waals surface area contributed by atoms with Gasteiger partial charge in [-0.1, -0.05) is 40.2 Å². The molecule has 8 nitrogen and oxygen atoms in total. The van der Waals surface area contributed by atoms with E-state index >= 15 is 4.39 Å². The van der Waals surface area contributed by atoms with Crippen molar-refractivity contribution in [2.45, 2.75) is 104 Å². The fourth-order valence-corrected chi connectivity index (χ4v) is 9.90. The third-order valence-corrected chi connectivity index (χ3v) is 12.8. The number of esters is 1. The van der Waals surface area contributed by atoms with Crippen LogP contribution in [-0.4, -0.2) is 72.4 Å². The zero-order valence-corrected chi connectivity index (χ0v) is 26.8. The molecule has 0 spiro atoms. The van der Waals surface area contributed by atoms with Crippen molar-refractivity contribution in [3.8, 4) is 5.75 Å². The first-order chi connectivity index (χ1) is 20.9. The predicted octanol–water partition coefficient (Wildman–Crippen LogP) is 4.02. The van der Waals surface area contributed by atoms with E-state index in [0.29, 0.717) is 18.4 Å². The molecule has 3 saturated carbocycles. The summed E-state index contributed by atoms with van der Waals surface area (Å²) in [6, 6.07) is 3.06. The van der Waals surface area contributed by atoms with E-state index in [4.69, 9.17) is 14.1 Å². The molecule has 10 heteroatoms. The molecule has 5 aliphatic rings. The molecule has 6 rings (SSSR count). The first-order valence-corrected chi connectivity index (χ1v) is 16.8. The lowest BCUT2D eigenvalue weighted by atomic mass is 9.43. The van der Waals surface area contributed by atoms with Gasteiger partial charge in [-0.3, -0.25) is 4.79 Å². The van der Waals surface area contributed by atoms with Gasteiger partial charge in [-0.15, -0.1) is 0 Å². The van der Waals surface area contributed by atoms with Gasteiger partial charge >= 0.3 is 13.1 Å². The van der Waals surface area contributed by atoms with Crippen LogP contribution in [0.3, 0.4) is 0 Å². The van der Waals surface area contributed by atoms with Gasteiger partial charge < -0.3 is 29.2 Å². The number of rotatable bonds is 7. The van der Waals surface area contributed by atoms with Crippen LogP contribution in [0.1, 0.15) is 91.0 Å². The highest BCUT2D eigenvalue weighted by atomic mass is 19.1. The van der Waals surface area contributed by atoms with Gasteiger partial charge in [-0.25, -0.2) is 9.18 Å². The first-order valence-electron chi connectivity index (χ1n) is 16.8. The van der Waals surface area contributed by atoms with Crippen molar-refractivity contribution in [1.82, 2.24) is 4.90 Å². The van der Waals surface area contributed by atoms with Crippen molar-refractivity contribution in [2.24, 2.45) is 34.0 Å². The number of likely N-dealkylation sites (tertiary alicyclic amines) is 1. The van der Waals surface area contributed by atoms with Crippen LogP contribution in [-0.2, 0) is 25.6 Å². The Morgan fingerprint density at radius 1 is 1.18 bits per heavy atom. The van der Waals surface area contributed by atoms with Crippen LogP contribution in [0.4, 0.5) is 4.39 Å². The third-order valence-electron chi connectivity index (χ3n) is 12.8. The molecule has 8 atom stereocenters. The van der Waals surface area contributed by atoms with E-state index in [1.54, 1.807) is 6.07 Å². The van der Waals surface area contributed by atoms with Crippen molar-refractivity contribution in [2.75, 3.05) is 26.2 Å². The Balaban J connectivity index is 1.29. The van der Waals surface area contributed by atoms with Crippen LogP contribution < -0.4 is 10.2 Å². The zero-order chi connectivity index (χ0) is 31.4. The number of carbonyl (C=O) groups excluding carboxylic acids is 2. The smallest absolute Gasteiger partial charge is 0.479 e. The highest BCUT2D eigenvalue weighted by Crippen LogP contribution is 2.68. The number of nitrogens with zero attached hydrogens (tertiary/aromatic N) is 1. The molecule has 4 fully saturated rings. The zero-order valence-electron chi connectivity index (χ0n) is 26.8. The molecule has 2 aliphatic heterocycles. The van der Waals surface area contributed by atoms with Crippen LogP contribution >= 0.6 is 0 Å². The molecular weight excluding hydrogens is 564 g/mol. The number of ketones is 1. The molecule has 0 amide bonds. The van der Waals surface area contributed by atoms with Crippen LogP contribution in [0.15, 0.2) is 12.1 Å². The van der Waals surface area contributed by atoms with Crippen molar-refractivity contribution >= 4 is 24.3 Å². The Morgan fingerprint density at radius 3 is 2.68 bits per heavy atom. The summed E-state index contributed by atoms with van der Waals surface area (Å²) >= 11 is 0. The number of hydrogen-bond donors (Lipinski definition) is 2. The lowest BCUT2D eigenvalue weighted by molar-refractivity contribution is -0.213. The summed E-state index contributed by atoms with van der Waals surface area (Å²) in [6.45, 7) is 11.2. The Bertz CT molecular complexity index is 1270. The van der Waals surface area contributed by atoms with Crippen molar-refractivity contribution < 1.29 is 38.2 Å². The van der Waals surface area contributed by atoms with Gasteiger partial charge in [0.05, 0.1) is 12.7 Å². The molecule has 1 aromatic rings. The lowest BCUT2D eigenvalue weighted by Gasteiger charge is -2.62. The molecule has 1 aromatic carbocycles. The van der Waals surface area contributed by atoms with Crippen molar-refractivity contribution in [3.05, 3.63) is 23.5 Å². The van der Waals surface area contributed by atoms with Gasteiger partial charge in [0.15, 0.2) is 18.2 Å². The van der Waals surface area contributed by atoms with E-state index in [0.717, 1.165) is 45.3 Å². The Morgan fingerprint density at radius 2 is 1.93 bits per heavy atom. The number of Topliss-reactive ketones (excluding diaryl/α,β-unsaturated/α-hetero) is 1. The number of halogens is 1. The molecule has 0 aromatic heterocycles. The van der Waals surface area contributed by atoms with E-state index in [2.05, 4.69) is 32.6 Å². The van der Waals surface area contributed by atoms with Gasteiger partial charge in [0.25, 0.3) is 0 Å². The topological polar surface area (TPSA) is 106 Å². The van der Waals surface area contributed by atoms with Crippen LogP contribution in [0.5, 0.6) is 5.75 Å². The Kier molecular flexibility index (Phi) is 8.70. The van der Waals surface area contributed by atoms with Gasteiger partial charge in [0, 0.05) is 23.2 Å². The molecule has 3 aliphatic carbocycles. The van der Waals surface area contributed by atoms with E-state index in [9.17, 15) is 19.7 Å². The predicted molar refractivity (Wildman–Crippen MR) is 164 cm³/mol. The molecule has 44 heavy (non-hydrogen) atoms. The Labute approximate surface area is 261 Å². The molecule has 242 valence electrons.